The third-order valence-electron chi connectivity index (χ3n) is 4.81. The average Bonchev–Trinajstić information content (AvgIpc) is 3.09. The first-order valence-electron chi connectivity index (χ1n) is 8.51. The predicted octanol–water partition coefficient (Wildman–Crippen LogP) is 1.81. The van der Waals surface area contributed by atoms with E-state index < -0.39 is 5.41 Å². The second kappa shape index (κ2) is 8.24. The lowest BCUT2D eigenvalue weighted by molar-refractivity contribution is -0.144. The van der Waals surface area contributed by atoms with Crippen LogP contribution in [-0.4, -0.2) is 36.3 Å². The molecule has 0 aliphatic heterocycles. The van der Waals surface area contributed by atoms with Crippen molar-refractivity contribution in [1.82, 2.24) is 10.2 Å². The summed E-state index contributed by atoms with van der Waals surface area (Å²) in [6, 6.07) is 5.96. The summed E-state index contributed by atoms with van der Waals surface area (Å²) in [5.41, 5.74) is 6.18. The molecule has 1 aromatic rings. The van der Waals surface area contributed by atoms with Crippen LogP contribution in [0.3, 0.4) is 0 Å². The molecule has 0 atom stereocenters. The third kappa shape index (κ3) is 4.32. The second-order valence-corrected chi connectivity index (χ2v) is 6.41. The van der Waals surface area contributed by atoms with Gasteiger partial charge in [0.25, 0.3) is 0 Å². The minimum Gasteiger partial charge on any atom is -0.350 e. The van der Waals surface area contributed by atoms with E-state index in [0.717, 1.165) is 31.2 Å². The molecule has 0 heterocycles. The van der Waals surface area contributed by atoms with Crippen molar-refractivity contribution >= 4 is 11.8 Å². The average molecular weight is 335 g/mol. The van der Waals surface area contributed by atoms with Gasteiger partial charge in [0.05, 0.1) is 12.0 Å². The molecule has 0 radical (unpaired) electrons. The number of nitrogens with one attached hydrogen (secondary N) is 1. The molecular formula is C18H26FN3O2. The zero-order valence-electron chi connectivity index (χ0n) is 14.2. The van der Waals surface area contributed by atoms with Crippen LogP contribution in [0.2, 0.25) is 0 Å². The highest BCUT2D eigenvalue weighted by Gasteiger charge is 2.42. The van der Waals surface area contributed by atoms with Crippen molar-refractivity contribution in [2.75, 3.05) is 19.6 Å². The fourth-order valence-corrected chi connectivity index (χ4v) is 3.25. The fourth-order valence-electron chi connectivity index (χ4n) is 3.25. The number of hydrogen-bond donors (Lipinski definition) is 2. The number of rotatable bonds is 7. The molecule has 2 rings (SSSR count). The summed E-state index contributed by atoms with van der Waals surface area (Å²) >= 11 is 0. The molecular weight excluding hydrogens is 309 g/mol. The Hall–Kier alpha value is -1.95. The first kappa shape index (κ1) is 18.4. The van der Waals surface area contributed by atoms with Gasteiger partial charge in [0.15, 0.2) is 0 Å². The summed E-state index contributed by atoms with van der Waals surface area (Å²) in [5.74, 6) is -0.543. The lowest BCUT2D eigenvalue weighted by Crippen LogP contribution is -2.49. The van der Waals surface area contributed by atoms with E-state index in [0.29, 0.717) is 19.6 Å². The highest BCUT2D eigenvalue weighted by Crippen LogP contribution is 2.38. The van der Waals surface area contributed by atoms with E-state index in [1.54, 1.807) is 17.0 Å². The van der Waals surface area contributed by atoms with Gasteiger partial charge in [-0.25, -0.2) is 4.39 Å². The summed E-state index contributed by atoms with van der Waals surface area (Å²) in [6.45, 7) is 3.01. The number of benzene rings is 1. The Morgan fingerprint density at radius 2 is 1.88 bits per heavy atom. The Morgan fingerprint density at radius 1 is 1.25 bits per heavy atom. The number of carbonyl (C=O) groups excluding carboxylic acids is 2. The van der Waals surface area contributed by atoms with E-state index in [9.17, 15) is 14.0 Å². The summed E-state index contributed by atoms with van der Waals surface area (Å²) in [7, 11) is 0. The minimum atomic E-state index is -0.493. The van der Waals surface area contributed by atoms with Gasteiger partial charge in [-0.15, -0.1) is 0 Å². The quantitative estimate of drug-likeness (QED) is 0.798. The van der Waals surface area contributed by atoms with Crippen LogP contribution in [0, 0.1) is 11.2 Å². The Kier molecular flexibility index (Phi) is 6.31. The van der Waals surface area contributed by atoms with Gasteiger partial charge in [-0.2, -0.15) is 0 Å². The van der Waals surface area contributed by atoms with E-state index in [1.807, 2.05) is 6.92 Å². The molecule has 0 unspecified atom stereocenters. The Morgan fingerprint density at radius 3 is 2.42 bits per heavy atom. The van der Waals surface area contributed by atoms with Crippen LogP contribution in [0.4, 0.5) is 4.39 Å². The number of nitrogens with two attached hydrogens (primary N) is 1. The summed E-state index contributed by atoms with van der Waals surface area (Å²) in [4.78, 5) is 26.5. The van der Waals surface area contributed by atoms with Crippen molar-refractivity contribution < 1.29 is 14.0 Å². The topological polar surface area (TPSA) is 75.4 Å². The third-order valence-corrected chi connectivity index (χ3v) is 4.81. The van der Waals surface area contributed by atoms with Crippen LogP contribution in [0.15, 0.2) is 24.3 Å². The maximum atomic E-state index is 12.9. The van der Waals surface area contributed by atoms with Crippen molar-refractivity contribution in [2.45, 2.75) is 39.2 Å². The molecule has 1 fully saturated rings. The molecule has 2 amide bonds. The van der Waals surface area contributed by atoms with E-state index in [4.69, 9.17) is 5.73 Å². The molecule has 1 aliphatic carbocycles. The maximum absolute atomic E-state index is 12.9. The molecule has 3 N–H and O–H groups in total. The first-order valence-corrected chi connectivity index (χ1v) is 8.51. The van der Waals surface area contributed by atoms with Crippen molar-refractivity contribution in [3.8, 4) is 0 Å². The Bertz CT molecular complexity index is 568. The van der Waals surface area contributed by atoms with Crippen LogP contribution in [-0.2, 0) is 16.1 Å². The van der Waals surface area contributed by atoms with E-state index >= 15 is 0 Å². The molecule has 0 spiro atoms. The second-order valence-electron chi connectivity index (χ2n) is 6.41. The van der Waals surface area contributed by atoms with Crippen LogP contribution in [0.25, 0.3) is 0 Å². The number of nitrogens with zero attached hydrogens (tertiary/aromatic N) is 1. The summed E-state index contributed by atoms with van der Waals surface area (Å²) < 4.78 is 12.9. The van der Waals surface area contributed by atoms with Crippen LogP contribution in [0.1, 0.15) is 38.2 Å². The van der Waals surface area contributed by atoms with Gasteiger partial charge >= 0.3 is 0 Å². The number of hydrogen-bond acceptors (Lipinski definition) is 3. The van der Waals surface area contributed by atoms with Crippen molar-refractivity contribution in [3.05, 3.63) is 35.6 Å². The zero-order valence-corrected chi connectivity index (χ0v) is 14.2. The standard InChI is InChI=1S/C18H26FN3O2/c1-2-22(17(24)18(13-20)9-3-4-10-18)12-16(23)21-11-14-5-7-15(19)8-6-14/h5-8H,2-4,9-13,20H2,1H3,(H,21,23). The molecule has 5 nitrogen and oxygen atoms in total. The van der Waals surface area contributed by atoms with Crippen LogP contribution in [0.5, 0.6) is 0 Å². The van der Waals surface area contributed by atoms with E-state index in [2.05, 4.69) is 5.32 Å². The first-order chi connectivity index (χ1) is 11.5. The number of likely N-dealkylation sites (N-methyl/N-ethyl adjacent to an activating group) is 1. The molecule has 132 valence electrons. The van der Waals surface area contributed by atoms with Gasteiger partial charge in [0.2, 0.25) is 11.8 Å². The largest absolute Gasteiger partial charge is 0.350 e. The van der Waals surface area contributed by atoms with Crippen molar-refractivity contribution in [2.24, 2.45) is 11.1 Å². The SMILES string of the molecule is CCN(CC(=O)NCc1ccc(F)cc1)C(=O)C1(CN)CCCC1. The number of amides is 2. The predicted molar refractivity (Wildman–Crippen MR) is 90.5 cm³/mol. The van der Waals surface area contributed by atoms with Crippen molar-refractivity contribution in [3.63, 3.8) is 0 Å². The maximum Gasteiger partial charge on any atom is 0.239 e. The van der Waals surface area contributed by atoms with E-state index in [-0.39, 0.29) is 24.2 Å². The van der Waals surface area contributed by atoms with Gasteiger partial charge in [0, 0.05) is 19.6 Å². The minimum absolute atomic E-state index is 0.0121. The normalized spacial score (nSPS) is 16.0. The van der Waals surface area contributed by atoms with Gasteiger partial charge in [-0.1, -0.05) is 25.0 Å². The van der Waals surface area contributed by atoms with Gasteiger partial charge in [0.1, 0.15) is 5.82 Å². The Labute approximate surface area is 142 Å². The van der Waals surface area contributed by atoms with Gasteiger partial charge < -0.3 is 16.0 Å². The summed E-state index contributed by atoms with van der Waals surface area (Å²) in [5, 5.41) is 2.77. The van der Waals surface area contributed by atoms with Crippen LogP contribution < -0.4 is 11.1 Å². The molecule has 24 heavy (non-hydrogen) atoms. The van der Waals surface area contributed by atoms with Crippen LogP contribution >= 0.6 is 0 Å². The zero-order chi connectivity index (χ0) is 17.6. The lowest BCUT2D eigenvalue weighted by Gasteiger charge is -2.32. The molecule has 6 heteroatoms. The molecule has 0 saturated heterocycles. The van der Waals surface area contributed by atoms with Gasteiger partial charge in [-0.3, -0.25) is 9.59 Å². The van der Waals surface area contributed by atoms with Gasteiger partial charge in [-0.05, 0) is 37.5 Å². The monoisotopic (exact) mass is 335 g/mol. The highest BCUT2D eigenvalue weighted by molar-refractivity contribution is 5.88. The number of halogens is 1. The molecule has 1 aromatic carbocycles. The summed E-state index contributed by atoms with van der Waals surface area (Å²) in [6.07, 6.45) is 3.63. The fraction of sp³-hybridized carbons (Fsp3) is 0.556. The molecule has 0 aromatic heterocycles. The molecule has 0 bridgehead atoms. The number of carbonyl (C=O) groups is 2. The smallest absolute Gasteiger partial charge is 0.239 e. The lowest BCUT2D eigenvalue weighted by atomic mass is 9.84. The Balaban J connectivity index is 1.90. The molecule has 1 aliphatic rings. The van der Waals surface area contributed by atoms with E-state index in [1.165, 1.54) is 12.1 Å². The van der Waals surface area contributed by atoms with Crippen molar-refractivity contribution in [1.29, 1.82) is 0 Å². The molecule has 1 saturated carbocycles. The highest BCUT2D eigenvalue weighted by atomic mass is 19.1.